The molecule has 0 radical (unpaired) electrons. The molecule has 0 aliphatic carbocycles. The van der Waals surface area contributed by atoms with E-state index in [0.717, 1.165) is 12.1 Å². The van der Waals surface area contributed by atoms with Crippen molar-refractivity contribution >= 4 is 11.8 Å². The molecule has 2 fully saturated rings. The Hall–Kier alpha value is -0.510. The molecule has 0 saturated carbocycles. The van der Waals surface area contributed by atoms with Crippen LogP contribution in [0.1, 0.15) is 19.3 Å². The van der Waals surface area contributed by atoms with Crippen LogP contribution in [0, 0.1) is 0 Å². The van der Waals surface area contributed by atoms with E-state index in [1.807, 2.05) is 11.8 Å². The summed E-state index contributed by atoms with van der Waals surface area (Å²) in [5.41, 5.74) is 0. The molecule has 2 aliphatic rings. The van der Waals surface area contributed by atoms with Crippen molar-refractivity contribution in [1.29, 1.82) is 0 Å². The van der Waals surface area contributed by atoms with Crippen LogP contribution in [-0.2, 0) is 0 Å². The van der Waals surface area contributed by atoms with Crippen LogP contribution >= 0.6 is 11.8 Å². The Bertz CT molecular complexity index is 395. The molecule has 2 saturated heterocycles. The first-order valence-corrected chi connectivity index (χ1v) is 8.43. The molecular weight excluding hydrogens is 252 g/mol. The van der Waals surface area contributed by atoms with E-state index >= 15 is 0 Å². The van der Waals surface area contributed by atoms with E-state index in [1.165, 1.54) is 49.5 Å². The van der Waals surface area contributed by atoms with Gasteiger partial charge < -0.3 is 4.90 Å². The SMILES string of the molecule is CN1C2CCC1CN(CCSc1ccccc1)CC2. The lowest BCUT2D eigenvalue weighted by atomic mass is 10.1. The topological polar surface area (TPSA) is 6.48 Å². The van der Waals surface area contributed by atoms with Crippen LogP contribution in [-0.4, -0.2) is 54.3 Å². The molecule has 19 heavy (non-hydrogen) atoms. The van der Waals surface area contributed by atoms with Gasteiger partial charge in [0.05, 0.1) is 0 Å². The van der Waals surface area contributed by atoms with E-state index in [9.17, 15) is 0 Å². The van der Waals surface area contributed by atoms with Gasteiger partial charge in [-0.15, -0.1) is 11.8 Å². The van der Waals surface area contributed by atoms with Crippen LogP contribution in [0.2, 0.25) is 0 Å². The second kappa shape index (κ2) is 6.29. The number of likely N-dealkylation sites (tertiary alicyclic amines) is 1. The second-order valence-electron chi connectivity index (χ2n) is 5.80. The minimum atomic E-state index is 0.814. The average molecular weight is 276 g/mol. The van der Waals surface area contributed by atoms with Crippen molar-refractivity contribution < 1.29 is 0 Å². The molecule has 3 rings (SSSR count). The van der Waals surface area contributed by atoms with E-state index in [-0.39, 0.29) is 0 Å². The molecule has 2 heterocycles. The predicted molar refractivity (Wildman–Crippen MR) is 82.8 cm³/mol. The lowest BCUT2D eigenvalue weighted by Crippen LogP contribution is -2.37. The molecular formula is C16H24N2S. The molecule has 0 aromatic heterocycles. The van der Waals surface area contributed by atoms with Crippen LogP contribution in [0.15, 0.2) is 35.2 Å². The molecule has 0 spiro atoms. The number of rotatable bonds is 4. The molecule has 2 nitrogen and oxygen atoms in total. The third-order valence-corrected chi connectivity index (χ3v) is 5.64. The Balaban J connectivity index is 1.46. The van der Waals surface area contributed by atoms with Gasteiger partial charge in [-0.2, -0.15) is 0 Å². The van der Waals surface area contributed by atoms with Gasteiger partial charge in [0.15, 0.2) is 0 Å². The van der Waals surface area contributed by atoms with Gasteiger partial charge in [-0.1, -0.05) is 18.2 Å². The molecule has 2 bridgehead atoms. The van der Waals surface area contributed by atoms with Crippen molar-refractivity contribution in [2.75, 3.05) is 32.4 Å². The fourth-order valence-electron chi connectivity index (χ4n) is 3.39. The summed E-state index contributed by atoms with van der Waals surface area (Å²) in [7, 11) is 2.32. The minimum absolute atomic E-state index is 0.814. The monoisotopic (exact) mass is 276 g/mol. The molecule has 1 aromatic rings. The van der Waals surface area contributed by atoms with Gasteiger partial charge in [0, 0.05) is 35.8 Å². The molecule has 2 aliphatic heterocycles. The van der Waals surface area contributed by atoms with Crippen LogP contribution in [0.3, 0.4) is 0 Å². The smallest absolute Gasteiger partial charge is 0.0223 e. The number of nitrogens with zero attached hydrogens (tertiary/aromatic N) is 2. The van der Waals surface area contributed by atoms with Gasteiger partial charge in [-0.3, -0.25) is 4.90 Å². The van der Waals surface area contributed by atoms with Gasteiger partial charge in [0.1, 0.15) is 0 Å². The number of hydrogen-bond acceptors (Lipinski definition) is 3. The van der Waals surface area contributed by atoms with Crippen molar-refractivity contribution in [3.63, 3.8) is 0 Å². The van der Waals surface area contributed by atoms with Crippen molar-refractivity contribution in [2.24, 2.45) is 0 Å². The first kappa shape index (κ1) is 13.5. The second-order valence-corrected chi connectivity index (χ2v) is 6.97. The highest BCUT2D eigenvalue weighted by Gasteiger charge is 2.34. The Kier molecular flexibility index (Phi) is 4.46. The largest absolute Gasteiger partial charge is 0.301 e. The predicted octanol–water partition coefficient (Wildman–Crippen LogP) is 2.95. The highest BCUT2D eigenvalue weighted by molar-refractivity contribution is 7.99. The summed E-state index contributed by atoms with van der Waals surface area (Å²) >= 11 is 1.99. The third-order valence-electron chi connectivity index (χ3n) is 4.65. The van der Waals surface area contributed by atoms with Crippen LogP contribution in [0.4, 0.5) is 0 Å². The van der Waals surface area contributed by atoms with Crippen molar-refractivity contribution in [3.8, 4) is 0 Å². The van der Waals surface area contributed by atoms with Crippen LogP contribution in [0.25, 0.3) is 0 Å². The van der Waals surface area contributed by atoms with Gasteiger partial charge >= 0.3 is 0 Å². The fraction of sp³-hybridized carbons (Fsp3) is 0.625. The van der Waals surface area contributed by atoms with Crippen LogP contribution in [0.5, 0.6) is 0 Å². The van der Waals surface area contributed by atoms with Gasteiger partial charge in [0.2, 0.25) is 0 Å². The normalized spacial score (nSPS) is 28.5. The number of hydrogen-bond donors (Lipinski definition) is 0. The first-order chi connectivity index (χ1) is 9.33. The van der Waals surface area contributed by atoms with E-state index in [2.05, 4.69) is 47.2 Å². The molecule has 2 atom stereocenters. The Morgan fingerprint density at radius 1 is 1.11 bits per heavy atom. The maximum atomic E-state index is 2.68. The molecule has 3 heteroatoms. The first-order valence-electron chi connectivity index (χ1n) is 7.45. The summed E-state index contributed by atoms with van der Waals surface area (Å²) < 4.78 is 0. The number of likely N-dealkylation sites (N-methyl/N-ethyl adjacent to an activating group) is 1. The summed E-state index contributed by atoms with van der Waals surface area (Å²) in [6.07, 6.45) is 4.19. The zero-order valence-electron chi connectivity index (χ0n) is 11.8. The summed E-state index contributed by atoms with van der Waals surface area (Å²) in [6, 6.07) is 12.4. The molecule has 104 valence electrons. The Morgan fingerprint density at radius 3 is 2.74 bits per heavy atom. The lowest BCUT2D eigenvalue weighted by Gasteiger charge is -2.25. The fourth-order valence-corrected chi connectivity index (χ4v) is 4.33. The summed E-state index contributed by atoms with van der Waals surface area (Å²) in [4.78, 5) is 6.71. The lowest BCUT2D eigenvalue weighted by molar-refractivity contribution is 0.225. The molecule has 0 amide bonds. The van der Waals surface area contributed by atoms with E-state index in [4.69, 9.17) is 0 Å². The van der Waals surface area contributed by atoms with Gasteiger partial charge in [-0.25, -0.2) is 0 Å². The molecule has 0 N–H and O–H groups in total. The maximum Gasteiger partial charge on any atom is 0.0223 e. The summed E-state index contributed by atoms with van der Waals surface area (Å²) in [6.45, 7) is 3.81. The number of fused-ring (bicyclic) bond motifs is 2. The summed E-state index contributed by atoms with van der Waals surface area (Å²) in [5, 5.41) is 0. The van der Waals surface area contributed by atoms with Crippen molar-refractivity contribution in [3.05, 3.63) is 30.3 Å². The average Bonchev–Trinajstić information content (AvgIpc) is 2.68. The standard InChI is InChI=1S/C16H24N2S/c1-17-14-7-8-15(17)13-18(10-9-14)11-12-19-16-5-3-2-4-6-16/h2-6,14-15H,7-13H2,1H3. The van der Waals surface area contributed by atoms with Crippen LogP contribution < -0.4 is 0 Å². The Morgan fingerprint density at radius 2 is 1.89 bits per heavy atom. The van der Waals surface area contributed by atoms with Gasteiger partial charge in [0.25, 0.3) is 0 Å². The zero-order chi connectivity index (χ0) is 13.1. The van der Waals surface area contributed by atoms with E-state index in [0.29, 0.717) is 0 Å². The molecule has 2 unspecified atom stereocenters. The quantitative estimate of drug-likeness (QED) is 0.781. The van der Waals surface area contributed by atoms with Crippen molar-refractivity contribution in [1.82, 2.24) is 9.80 Å². The Labute approximate surface area is 121 Å². The zero-order valence-corrected chi connectivity index (χ0v) is 12.6. The summed E-state index contributed by atoms with van der Waals surface area (Å²) in [5.74, 6) is 1.21. The van der Waals surface area contributed by atoms with E-state index < -0.39 is 0 Å². The number of benzene rings is 1. The maximum absolute atomic E-state index is 2.68. The van der Waals surface area contributed by atoms with E-state index in [1.54, 1.807) is 0 Å². The highest BCUT2D eigenvalue weighted by Crippen LogP contribution is 2.28. The van der Waals surface area contributed by atoms with Gasteiger partial charge in [-0.05, 0) is 45.0 Å². The minimum Gasteiger partial charge on any atom is -0.301 e. The number of thioether (sulfide) groups is 1. The third kappa shape index (κ3) is 3.33. The van der Waals surface area contributed by atoms with Crippen molar-refractivity contribution in [2.45, 2.75) is 36.2 Å². The highest BCUT2D eigenvalue weighted by atomic mass is 32.2. The molecule has 1 aromatic carbocycles.